The number of H-pyrrole nitrogens is 1. The number of para-hydroxylation sites is 1. The van der Waals surface area contributed by atoms with Gasteiger partial charge in [0.2, 0.25) is 0 Å². The molecule has 0 unspecified atom stereocenters. The van der Waals surface area contributed by atoms with E-state index in [4.69, 9.17) is 11.6 Å². The molecule has 3 aromatic rings. The smallest absolute Gasteiger partial charge is 0.191 e. The Morgan fingerprint density at radius 2 is 2.00 bits per heavy atom. The molecule has 0 bridgehead atoms. The number of benzene rings is 1. The first-order valence-corrected chi connectivity index (χ1v) is 9.81. The van der Waals surface area contributed by atoms with Gasteiger partial charge in [-0.3, -0.25) is 4.99 Å². The SMILES string of the molecule is CCNC(=NCCCc1c[nH]c2ccccc12)NCCc1ccc(Cl)nc1.I. The van der Waals surface area contributed by atoms with Crippen LogP contribution in [0.2, 0.25) is 5.15 Å². The predicted molar refractivity (Wildman–Crippen MR) is 129 cm³/mol. The molecule has 0 saturated carbocycles. The molecule has 0 aliphatic carbocycles. The number of hydrogen-bond donors (Lipinski definition) is 3. The molecule has 2 heterocycles. The maximum atomic E-state index is 5.82. The van der Waals surface area contributed by atoms with Gasteiger partial charge in [0.15, 0.2) is 5.96 Å². The Morgan fingerprint density at radius 1 is 1.14 bits per heavy atom. The van der Waals surface area contributed by atoms with E-state index in [9.17, 15) is 0 Å². The van der Waals surface area contributed by atoms with Gasteiger partial charge in [-0.05, 0) is 49.4 Å². The van der Waals surface area contributed by atoms with E-state index in [1.807, 2.05) is 18.3 Å². The first-order valence-electron chi connectivity index (χ1n) is 9.44. The Balaban J connectivity index is 0.00000280. The molecule has 150 valence electrons. The second-order valence-corrected chi connectivity index (χ2v) is 6.78. The molecule has 0 radical (unpaired) electrons. The van der Waals surface area contributed by atoms with Crippen LogP contribution in [0.15, 0.2) is 53.8 Å². The van der Waals surface area contributed by atoms with Crippen LogP contribution in [0.3, 0.4) is 0 Å². The molecule has 1 aromatic carbocycles. The Kier molecular flexibility index (Phi) is 9.57. The minimum atomic E-state index is 0. The van der Waals surface area contributed by atoms with Crippen molar-refractivity contribution in [1.82, 2.24) is 20.6 Å². The zero-order chi connectivity index (χ0) is 18.9. The first-order chi connectivity index (χ1) is 13.3. The summed E-state index contributed by atoms with van der Waals surface area (Å²) in [4.78, 5) is 12.1. The highest BCUT2D eigenvalue weighted by molar-refractivity contribution is 14.0. The zero-order valence-corrected chi connectivity index (χ0v) is 19.1. The highest BCUT2D eigenvalue weighted by atomic mass is 127. The maximum absolute atomic E-state index is 5.82. The average Bonchev–Trinajstić information content (AvgIpc) is 3.10. The lowest BCUT2D eigenvalue weighted by molar-refractivity contribution is 0.777. The molecule has 28 heavy (non-hydrogen) atoms. The third-order valence-electron chi connectivity index (χ3n) is 4.39. The number of rotatable bonds is 8. The van der Waals surface area contributed by atoms with E-state index >= 15 is 0 Å². The van der Waals surface area contributed by atoms with Gasteiger partial charge in [-0.1, -0.05) is 35.9 Å². The normalized spacial score (nSPS) is 11.3. The van der Waals surface area contributed by atoms with Crippen molar-refractivity contribution in [2.75, 3.05) is 19.6 Å². The number of halogens is 2. The van der Waals surface area contributed by atoms with Gasteiger partial charge in [0.25, 0.3) is 0 Å². The lowest BCUT2D eigenvalue weighted by Crippen LogP contribution is -2.38. The van der Waals surface area contributed by atoms with Crippen molar-refractivity contribution < 1.29 is 0 Å². The van der Waals surface area contributed by atoms with Gasteiger partial charge in [0.05, 0.1) is 0 Å². The van der Waals surface area contributed by atoms with Crippen molar-refractivity contribution >= 4 is 52.4 Å². The summed E-state index contributed by atoms with van der Waals surface area (Å²) >= 11 is 5.82. The summed E-state index contributed by atoms with van der Waals surface area (Å²) < 4.78 is 0. The zero-order valence-electron chi connectivity index (χ0n) is 16.0. The van der Waals surface area contributed by atoms with Crippen LogP contribution in [-0.2, 0) is 12.8 Å². The third kappa shape index (κ3) is 6.67. The molecule has 0 atom stereocenters. The number of nitrogens with zero attached hydrogens (tertiary/aromatic N) is 2. The largest absolute Gasteiger partial charge is 0.361 e. The standard InChI is InChI=1S/C21H26ClN5.HI/c1-2-23-21(25-13-11-16-9-10-20(22)27-14-16)24-12-5-6-17-15-26-19-8-4-3-7-18(17)19;/h3-4,7-10,14-15,26H,2,5-6,11-13H2,1H3,(H2,23,24,25);1H. The van der Waals surface area contributed by atoms with Gasteiger partial charge in [0.1, 0.15) is 5.15 Å². The number of aromatic nitrogens is 2. The summed E-state index contributed by atoms with van der Waals surface area (Å²) in [6, 6.07) is 12.2. The monoisotopic (exact) mass is 511 g/mol. The van der Waals surface area contributed by atoms with Crippen LogP contribution < -0.4 is 10.6 Å². The quantitative estimate of drug-likeness (QED) is 0.137. The minimum absolute atomic E-state index is 0. The van der Waals surface area contributed by atoms with E-state index < -0.39 is 0 Å². The molecule has 3 rings (SSSR count). The van der Waals surface area contributed by atoms with Crippen molar-refractivity contribution in [1.29, 1.82) is 0 Å². The van der Waals surface area contributed by atoms with E-state index in [0.717, 1.165) is 50.4 Å². The number of pyridine rings is 1. The molecule has 0 fully saturated rings. The topological polar surface area (TPSA) is 65.1 Å². The third-order valence-corrected chi connectivity index (χ3v) is 4.61. The summed E-state index contributed by atoms with van der Waals surface area (Å²) in [6.45, 7) is 4.51. The Labute approximate surface area is 188 Å². The molecular weight excluding hydrogens is 485 g/mol. The molecular formula is C21H27ClIN5. The van der Waals surface area contributed by atoms with Gasteiger partial charge in [-0.15, -0.1) is 24.0 Å². The van der Waals surface area contributed by atoms with Gasteiger partial charge in [0, 0.05) is 42.9 Å². The first kappa shape index (κ1) is 22.5. The van der Waals surface area contributed by atoms with Crippen LogP contribution in [0, 0.1) is 0 Å². The van der Waals surface area contributed by atoms with Crippen LogP contribution in [-0.4, -0.2) is 35.6 Å². The lowest BCUT2D eigenvalue weighted by atomic mass is 10.1. The number of hydrogen-bond acceptors (Lipinski definition) is 2. The van der Waals surface area contributed by atoms with Gasteiger partial charge >= 0.3 is 0 Å². The molecule has 2 aromatic heterocycles. The Morgan fingerprint density at radius 3 is 2.79 bits per heavy atom. The van der Waals surface area contributed by atoms with Crippen molar-refractivity contribution in [2.24, 2.45) is 4.99 Å². The van der Waals surface area contributed by atoms with Gasteiger partial charge < -0.3 is 15.6 Å². The number of aromatic amines is 1. The fraction of sp³-hybridized carbons (Fsp3) is 0.333. The molecule has 0 spiro atoms. The van der Waals surface area contributed by atoms with E-state index in [1.54, 1.807) is 0 Å². The van der Waals surface area contributed by atoms with E-state index in [-0.39, 0.29) is 24.0 Å². The maximum Gasteiger partial charge on any atom is 0.191 e. The van der Waals surface area contributed by atoms with Crippen molar-refractivity contribution in [3.8, 4) is 0 Å². The number of guanidine groups is 1. The molecule has 0 saturated heterocycles. The van der Waals surface area contributed by atoms with Crippen LogP contribution in [0.25, 0.3) is 10.9 Å². The van der Waals surface area contributed by atoms with Gasteiger partial charge in [-0.25, -0.2) is 4.98 Å². The fourth-order valence-electron chi connectivity index (χ4n) is 3.02. The van der Waals surface area contributed by atoms with Gasteiger partial charge in [-0.2, -0.15) is 0 Å². The minimum Gasteiger partial charge on any atom is -0.361 e. The van der Waals surface area contributed by atoms with Crippen LogP contribution in [0.1, 0.15) is 24.5 Å². The number of aliphatic imine (C=N–C) groups is 1. The summed E-state index contributed by atoms with van der Waals surface area (Å²) in [5.41, 5.74) is 3.71. The Bertz CT molecular complexity index is 876. The highest BCUT2D eigenvalue weighted by Gasteiger charge is 2.03. The summed E-state index contributed by atoms with van der Waals surface area (Å²) in [5, 5.41) is 8.51. The lowest BCUT2D eigenvalue weighted by Gasteiger charge is -2.11. The molecule has 5 nitrogen and oxygen atoms in total. The van der Waals surface area contributed by atoms with Crippen molar-refractivity contribution in [2.45, 2.75) is 26.2 Å². The average molecular weight is 512 g/mol. The molecule has 0 aliphatic rings. The number of nitrogens with one attached hydrogen (secondary N) is 3. The highest BCUT2D eigenvalue weighted by Crippen LogP contribution is 2.18. The van der Waals surface area contributed by atoms with E-state index in [2.05, 4.69) is 63.0 Å². The second-order valence-electron chi connectivity index (χ2n) is 6.39. The Hall–Kier alpha value is -1.80. The number of fused-ring (bicyclic) bond motifs is 1. The summed E-state index contributed by atoms with van der Waals surface area (Å²) in [5.74, 6) is 0.860. The van der Waals surface area contributed by atoms with Crippen LogP contribution in [0.5, 0.6) is 0 Å². The molecule has 7 heteroatoms. The van der Waals surface area contributed by atoms with Crippen molar-refractivity contribution in [3.05, 3.63) is 65.1 Å². The van der Waals surface area contributed by atoms with Crippen LogP contribution in [0.4, 0.5) is 0 Å². The van der Waals surface area contributed by atoms with Crippen LogP contribution >= 0.6 is 35.6 Å². The fourth-order valence-corrected chi connectivity index (χ4v) is 3.13. The second kappa shape index (κ2) is 11.9. The summed E-state index contributed by atoms with van der Waals surface area (Å²) in [7, 11) is 0. The van der Waals surface area contributed by atoms with E-state index in [0.29, 0.717) is 5.15 Å². The van der Waals surface area contributed by atoms with Crippen molar-refractivity contribution in [3.63, 3.8) is 0 Å². The predicted octanol–water partition coefficient (Wildman–Crippen LogP) is 4.56. The molecule has 3 N–H and O–H groups in total. The molecule has 0 amide bonds. The summed E-state index contributed by atoms with van der Waals surface area (Å²) in [6.07, 6.45) is 6.83. The molecule has 0 aliphatic heterocycles. The number of aryl methyl sites for hydroxylation is 1. The van der Waals surface area contributed by atoms with E-state index in [1.165, 1.54) is 16.5 Å².